The van der Waals surface area contributed by atoms with Crippen LogP contribution in [0.25, 0.3) is 17.0 Å². The largest absolute Gasteiger partial charge is 0.398 e. The van der Waals surface area contributed by atoms with Gasteiger partial charge in [-0.05, 0) is 41.8 Å². The number of rotatable bonds is 7. The Morgan fingerprint density at radius 1 is 1.11 bits per heavy atom. The van der Waals surface area contributed by atoms with Crippen molar-refractivity contribution in [2.24, 2.45) is 0 Å². The number of benzene rings is 2. The lowest BCUT2D eigenvalue weighted by atomic mass is 10.1. The van der Waals surface area contributed by atoms with E-state index in [2.05, 4.69) is 34.5 Å². The maximum atomic E-state index is 12.2. The van der Waals surface area contributed by atoms with Gasteiger partial charge in [-0.1, -0.05) is 36.4 Å². The molecule has 0 unspecified atom stereocenters. The van der Waals surface area contributed by atoms with Crippen LogP contribution in [0.5, 0.6) is 0 Å². The molecule has 0 aliphatic rings. The quantitative estimate of drug-likeness (QED) is 0.381. The van der Waals surface area contributed by atoms with Gasteiger partial charge < -0.3 is 10.7 Å². The molecule has 3 N–H and O–H groups in total. The van der Waals surface area contributed by atoms with Gasteiger partial charge in [-0.3, -0.25) is 9.48 Å². The molecule has 0 saturated heterocycles. The van der Waals surface area contributed by atoms with Gasteiger partial charge in [0.2, 0.25) is 0 Å². The zero-order valence-corrected chi connectivity index (χ0v) is 15.5. The van der Waals surface area contributed by atoms with Crippen molar-refractivity contribution in [3.05, 3.63) is 89.9 Å². The Morgan fingerprint density at radius 3 is 2.82 bits per heavy atom. The van der Waals surface area contributed by atoms with E-state index in [0.29, 0.717) is 12.1 Å². The number of aromatic amines is 1. The fraction of sp³-hybridized carbons (Fsp3) is 0.130. The Morgan fingerprint density at radius 2 is 1.93 bits per heavy atom. The number of H-pyrrole nitrogens is 1. The number of allylic oxidation sites excluding steroid dienone is 1. The van der Waals surface area contributed by atoms with E-state index in [4.69, 9.17) is 5.73 Å². The molecule has 0 aliphatic carbocycles. The summed E-state index contributed by atoms with van der Waals surface area (Å²) < 4.78 is 1.90. The van der Waals surface area contributed by atoms with Crippen molar-refractivity contribution in [1.82, 2.24) is 14.8 Å². The lowest BCUT2D eigenvalue weighted by Gasteiger charge is -2.01. The molecule has 28 heavy (non-hydrogen) atoms. The van der Waals surface area contributed by atoms with E-state index in [1.165, 1.54) is 10.9 Å². The lowest BCUT2D eigenvalue weighted by molar-refractivity contribution is -0.113. The second-order valence-electron chi connectivity index (χ2n) is 6.82. The first-order valence-corrected chi connectivity index (χ1v) is 9.31. The molecule has 5 heteroatoms. The third kappa shape index (κ3) is 4.04. The van der Waals surface area contributed by atoms with Gasteiger partial charge in [0, 0.05) is 47.5 Å². The number of nitrogen functional groups attached to an aromatic ring is 1. The van der Waals surface area contributed by atoms with Crippen molar-refractivity contribution in [3.63, 3.8) is 0 Å². The van der Waals surface area contributed by atoms with E-state index in [-0.39, 0.29) is 5.78 Å². The van der Waals surface area contributed by atoms with Crippen LogP contribution in [0.3, 0.4) is 0 Å². The molecular formula is C23H22N4O. The fourth-order valence-electron chi connectivity index (χ4n) is 3.29. The number of hydrogen-bond donors (Lipinski definition) is 2. The van der Waals surface area contributed by atoms with Crippen LogP contribution >= 0.6 is 0 Å². The second kappa shape index (κ2) is 7.96. The zero-order chi connectivity index (χ0) is 19.3. The first-order chi connectivity index (χ1) is 13.7. The summed E-state index contributed by atoms with van der Waals surface area (Å²) in [6, 6.07) is 15.7. The van der Waals surface area contributed by atoms with Gasteiger partial charge in [0.25, 0.3) is 0 Å². The van der Waals surface area contributed by atoms with E-state index in [9.17, 15) is 4.79 Å². The fourth-order valence-corrected chi connectivity index (χ4v) is 3.29. The molecule has 0 aliphatic heterocycles. The number of nitrogens with zero attached hydrogens (tertiary/aromatic N) is 2. The highest BCUT2D eigenvalue weighted by Crippen LogP contribution is 2.18. The highest BCUT2D eigenvalue weighted by molar-refractivity contribution is 5.95. The predicted octanol–water partition coefficient (Wildman–Crippen LogP) is 4.01. The summed E-state index contributed by atoms with van der Waals surface area (Å²) in [5, 5.41) is 5.65. The van der Waals surface area contributed by atoms with Crippen LogP contribution in [0.1, 0.15) is 16.7 Å². The van der Waals surface area contributed by atoms with E-state index < -0.39 is 0 Å². The Kier molecular flexibility index (Phi) is 5.06. The van der Waals surface area contributed by atoms with Crippen LogP contribution in [0, 0.1) is 0 Å². The standard InChI is InChI=1S/C23H22N4O/c24-22-7-3-1-5-18(22)13-20(28)10-9-17-14-26-27(16-17)12-11-19-15-25-23-8-4-2-6-21(19)23/h1-10,14-16,25H,11-13,24H2/b10-9+. The third-order valence-corrected chi connectivity index (χ3v) is 4.82. The van der Waals surface area contributed by atoms with Crippen LogP contribution < -0.4 is 5.73 Å². The Labute approximate surface area is 163 Å². The third-order valence-electron chi connectivity index (χ3n) is 4.82. The first-order valence-electron chi connectivity index (χ1n) is 9.31. The predicted molar refractivity (Wildman–Crippen MR) is 113 cm³/mol. The van der Waals surface area contributed by atoms with Crippen molar-refractivity contribution in [2.45, 2.75) is 19.4 Å². The smallest absolute Gasteiger partial charge is 0.160 e. The summed E-state index contributed by atoms with van der Waals surface area (Å²) in [4.78, 5) is 15.5. The number of ketones is 1. The molecule has 0 spiro atoms. The molecule has 2 aromatic heterocycles. The van der Waals surface area contributed by atoms with Gasteiger partial charge >= 0.3 is 0 Å². The summed E-state index contributed by atoms with van der Waals surface area (Å²) in [6.45, 7) is 0.782. The summed E-state index contributed by atoms with van der Waals surface area (Å²) in [7, 11) is 0. The van der Waals surface area contributed by atoms with Crippen molar-refractivity contribution in [3.8, 4) is 0 Å². The number of aryl methyl sites for hydroxylation is 2. The SMILES string of the molecule is Nc1ccccc1CC(=O)/C=C/c1cnn(CCc2c[nH]c3ccccc23)c1. The van der Waals surface area contributed by atoms with Crippen molar-refractivity contribution < 1.29 is 4.79 Å². The number of carbonyl (C=O) groups is 1. The summed E-state index contributed by atoms with van der Waals surface area (Å²) in [5.41, 5.74) is 10.7. The summed E-state index contributed by atoms with van der Waals surface area (Å²) in [6.07, 6.45) is 10.4. The summed E-state index contributed by atoms with van der Waals surface area (Å²) in [5.74, 6) is 0.0180. The molecule has 0 atom stereocenters. The summed E-state index contributed by atoms with van der Waals surface area (Å²) >= 11 is 0. The van der Waals surface area contributed by atoms with Crippen LogP contribution in [0.2, 0.25) is 0 Å². The normalized spacial score (nSPS) is 11.4. The number of carbonyl (C=O) groups excluding carboxylic acids is 1. The molecule has 5 nitrogen and oxygen atoms in total. The average Bonchev–Trinajstić information content (AvgIpc) is 3.33. The first kappa shape index (κ1) is 17.8. The van der Waals surface area contributed by atoms with E-state index in [1.54, 1.807) is 18.3 Å². The molecule has 0 saturated carbocycles. The van der Waals surface area contributed by atoms with Crippen molar-refractivity contribution in [1.29, 1.82) is 0 Å². The minimum atomic E-state index is 0.0180. The maximum absolute atomic E-state index is 12.2. The Hall–Kier alpha value is -3.60. The van der Waals surface area contributed by atoms with Gasteiger partial charge in [-0.2, -0.15) is 5.10 Å². The number of nitrogens with two attached hydrogens (primary N) is 1. The number of nitrogens with one attached hydrogen (secondary N) is 1. The van der Waals surface area contributed by atoms with Crippen molar-refractivity contribution >= 4 is 28.4 Å². The van der Waals surface area contributed by atoms with Gasteiger partial charge in [-0.15, -0.1) is 0 Å². The van der Waals surface area contributed by atoms with Crippen LogP contribution in [0.15, 0.2) is 73.2 Å². The van der Waals surface area contributed by atoms with Gasteiger partial charge in [0.1, 0.15) is 0 Å². The highest BCUT2D eigenvalue weighted by Gasteiger charge is 2.05. The number of hydrogen-bond acceptors (Lipinski definition) is 3. The van der Waals surface area contributed by atoms with E-state index >= 15 is 0 Å². The molecular weight excluding hydrogens is 348 g/mol. The molecule has 140 valence electrons. The van der Waals surface area contributed by atoms with Crippen LogP contribution in [0.4, 0.5) is 5.69 Å². The minimum absolute atomic E-state index is 0.0180. The maximum Gasteiger partial charge on any atom is 0.160 e. The molecule has 0 fully saturated rings. The van der Waals surface area contributed by atoms with Crippen LogP contribution in [-0.2, 0) is 24.2 Å². The Bertz CT molecular complexity index is 1140. The van der Waals surface area contributed by atoms with Crippen LogP contribution in [-0.4, -0.2) is 20.5 Å². The number of fused-ring (bicyclic) bond motifs is 1. The van der Waals surface area contributed by atoms with Gasteiger partial charge in [0.15, 0.2) is 5.78 Å². The number of para-hydroxylation sites is 2. The zero-order valence-electron chi connectivity index (χ0n) is 15.5. The topological polar surface area (TPSA) is 76.7 Å². The molecule has 0 radical (unpaired) electrons. The average molecular weight is 370 g/mol. The van der Waals surface area contributed by atoms with Gasteiger partial charge in [-0.25, -0.2) is 0 Å². The monoisotopic (exact) mass is 370 g/mol. The van der Waals surface area contributed by atoms with E-state index in [0.717, 1.165) is 29.6 Å². The molecule has 2 heterocycles. The van der Waals surface area contributed by atoms with Gasteiger partial charge in [0.05, 0.1) is 6.20 Å². The number of anilines is 1. The second-order valence-corrected chi connectivity index (χ2v) is 6.82. The van der Waals surface area contributed by atoms with Crippen molar-refractivity contribution in [2.75, 3.05) is 5.73 Å². The Balaban J connectivity index is 1.35. The molecule has 2 aromatic carbocycles. The molecule has 4 aromatic rings. The number of aromatic nitrogens is 3. The van der Waals surface area contributed by atoms with E-state index in [1.807, 2.05) is 41.2 Å². The molecule has 0 amide bonds. The minimum Gasteiger partial charge on any atom is -0.398 e. The lowest BCUT2D eigenvalue weighted by Crippen LogP contribution is -2.02. The molecule has 0 bridgehead atoms. The molecule has 4 rings (SSSR count). The highest BCUT2D eigenvalue weighted by atomic mass is 16.1.